The summed E-state index contributed by atoms with van der Waals surface area (Å²) >= 11 is 0.00710. The molecule has 0 N–H and O–H groups in total. The first kappa shape index (κ1) is 23.7. The summed E-state index contributed by atoms with van der Waals surface area (Å²) in [5, 5.41) is 0. The van der Waals surface area contributed by atoms with E-state index >= 15 is 0 Å². The summed E-state index contributed by atoms with van der Waals surface area (Å²) in [5.74, 6) is 6.68. The van der Waals surface area contributed by atoms with Crippen LogP contribution < -0.4 is 4.46 Å². The Bertz CT molecular complexity index is 878. The van der Waals surface area contributed by atoms with E-state index in [1.807, 2.05) is 37.3 Å². The van der Waals surface area contributed by atoms with Crippen LogP contribution in [0.2, 0.25) is 4.82 Å². The Morgan fingerprint density at radius 1 is 0.897 bits per heavy atom. The van der Waals surface area contributed by atoms with E-state index in [1.54, 1.807) is 12.1 Å². The van der Waals surface area contributed by atoms with E-state index in [-0.39, 0.29) is 25.5 Å². The summed E-state index contributed by atoms with van der Waals surface area (Å²) in [4.78, 5) is 0.269. The van der Waals surface area contributed by atoms with E-state index in [4.69, 9.17) is 0 Å². The summed E-state index contributed by atoms with van der Waals surface area (Å²) in [6.07, 6.45) is 8.32. The molecule has 0 aliphatic rings. The van der Waals surface area contributed by atoms with Crippen molar-refractivity contribution in [3.8, 4) is 11.8 Å². The van der Waals surface area contributed by atoms with E-state index in [2.05, 4.69) is 30.9 Å². The van der Waals surface area contributed by atoms with Gasteiger partial charge in [0.15, 0.2) is 0 Å². The van der Waals surface area contributed by atoms with Crippen LogP contribution in [0.15, 0.2) is 59.5 Å². The molecule has 2 aromatic rings. The zero-order valence-electron chi connectivity index (χ0n) is 17.6. The number of sulfone groups is 1. The Hall–Kier alpha value is -1.53. The number of unbranched alkanes of at least 4 members (excludes halogenated alkanes) is 6. The molecule has 0 saturated carbocycles. The van der Waals surface area contributed by atoms with Gasteiger partial charge in [-0.1, -0.05) is 0 Å². The fraction of sp³-hybridized carbons (Fsp3) is 0.440. The number of benzene rings is 2. The molecule has 4 heteroatoms. The number of rotatable bonds is 11. The average molecular weight is 476 g/mol. The predicted molar refractivity (Wildman–Crippen MR) is 125 cm³/mol. The monoisotopic (exact) mass is 476 g/mol. The molecule has 0 bridgehead atoms. The van der Waals surface area contributed by atoms with Crippen LogP contribution in [-0.2, 0) is 9.84 Å². The van der Waals surface area contributed by atoms with E-state index in [0.717, 1.165) is 18.4 Å². The normalized spacial score (nSPS) is 12.2. The van der Waals surface area contributed by atoms with Gasteiger partial charge < -0.3 is 0 Å². The summed E-state index contributed by atoms with van der Waals surface area (Å²) in [5.41, 5.74) is 1.06. The zero-order chi connectivity index (χ0) is 21.0. The second kappa shape index (κ2) is 12.9. The molecule has 2 aromatic carbocycles. The van der Waals surface area contributed by atoms with Crippen molar-refractivity contribution in [2.45, 2.75) is 68.5 Å². The number of hydrogen-bond donors (Lipinski definition) is 0. The van der Waals surface area contributed by atoms with Crippen molar-refractivity contribution in [1.82, 2.24) is 0 Å². The van der Waals surface area contributed by atoms with Crippen LogP contribution in [0.3, 0.4) is 0 Å². The van der Waals surface area contributed by atoms with Crippen molar-refractivity contribution in [1.29, 1.82) is 0 Å². The van der Waals surface area contributed by atoms with Crippen LogP contribution >= 0.6 is 0 Å². The van der Waals surface area contributed by atoms with Gasteiger partial charge >= 0.3 is 184 Å². The molecule has 0 aliphatic carbocycles. The van der Waals surface area contributed by atoms with Gasteiger partial charge in [-0.25, -0.2) is 0 Å². The summed E-state index contributed by atoms with van der Waals surface area (Å²) < 4.78 is 27.0. The minimum atomic E-state index is -3.34. The molecular formula is C25H32O2SSe. The first-order valence-electron chi connectivity index (χ1n) is 10.5. The van der Waals surface area contributed by atoms with E-state index in [9.17, 15) is 8.42 Å². The molecule has 0 spiro atoms. The van der Waals surface area contributed by atoms with Crippen molar-refractivity contribution in [2.75, 3.05) is 5.75 Å². The van der Waals surface area contributed by atoms with Gasteiger partial charge in [0.1, 0.15) is 0 Å². The third kappa shape index (κ3) is 9.22. The van der Waals surface area contributed by atoms with Crippen molar-refractivity contribution in [3.05, 3.63) is 60.2 Å². The van der Waals surface area contributed by atoms with Crippen molar-refractivity contribution >= 4 is 29.3 Å². The van der Waals surface area contributed by atoms with Gasteiger partial charge in [0.25, 0.3) is 0 Å². The fourth-order valence-electron chi connectivity index (χ4n) is 2.99. The maximum atomic E-state index is 12.9. The molecule has 156 valence electrons. The molecule has 0 heterocycles. The van der Waals surface area contributed by atoms with Crippen LogP contribution in [0.5, 0.6) is 0 Å². The first-order valence-corrected chi connectivity index (χ1v) is 14.0. The maximum absolute atomic E-state index is 12.9. The number of hydrogen-bond acceptors (Lipinski definition) is 2. The quantitative estimate of drug-likeness (QED) is 0.250. The molecule has 1 unspecified atom stereocenters. The van der Waals surface area contributed by atoms with E-state index < -0.39 is 9.84 Å². The van der Waals surface area contributed by atoms with Gasteiger partial charge in [-0.05, 0) is 0 Å². The van der Waals surface area contributed by atoms with Gasteiger partial charge in [-0.15, -0.1) is 0 Å². The topological polar surface area (TPSA) is 34.1 Å². The predicted octanol–water partition coefficient (Wildman–Crippen LogP) is 5.34. The number of aryl methyl sites for hydroxylation is 1. The van der Waals surface area contributed by atoms with Gasteiger partial charge in [0, 0.05) is 0 Å². The van der Waals surface area contributed by atoms with Gasteiger partial charge in [-0.2, -0.15) is 0 Å². The molecule has 0 aliphatic heterocycles. The molecule has 2 rings (SSSR count). The average Bonchev–Trinajstić information content (AvgIpc) is 2.71. The third-order valence-electron chi connectivity index (χ3n) is 4.69. The molecule has 0 fully saturated rings. The Labute approximate surface area is 183 Å². The van der Waals surface area contributed by atoms with Gasteiger partial charge in [0.05, 0.1) is 0 Å². The van der Waals surface area contributed by atoms with Gasteiger partial charge in [0.2, 0.25) is 0 Å². The van der Waals surface area contributed by atoms with Crippen molar-refractivity contribution < 1.29 is 8.42 Å². The Morgan fingerprint density at radius 3 is 2.24 bits per heavy atom. The first-order chi connectivity index (χ1) is 14.0. The second-order valence-electron chi connectivity index (χ2n) is 7.35. The standard InChI is InChI=1S/C25H32O2SSe/c1-3-4-5-6-7-8-9-11-16-25(29-24-14-12-10-13-15-24)21-28(26,27)23-19-17-22(2)18-20-23/h10,12-15,17-20,25H,3-9,21H2,1-2H3. The molecule has 1 atom stereocenters. The SMILES string of the molecule is CCCCCCCCC#CC(CS(=O)(=O)c1ccc(C)cc1)[Se]c1ccccc1. The van der Waals surface area contributed by atoms with Crippen molar-refractivity contribution in [3.63, 3.8) is 0 Å². The minimum absolute atomic E-state index is 0.00710. The Balaban J connectivity index is 2.01. The van der Waals surface area contributed by atoms with E-state index in [0.29, 0.717) is 4.90 Å². The van der Waals surface area contributed by atoms with Crippen LogP contribution in [0.25, 0.3) is 0 Å². The molecule has 0 aromatic heterocycles. The summed E-state index contributed by atoms with van der Waals surface area (Å²) in [6.45, 7) is 4.19. The third-order valence-corrected chi connectivity index (χ3v) is 9.27. The Morgan fingerprint density at radius 2 is 1.55 bits per heavy atom. The van der Waals surface area contributed by atoms with Crippen molar-refractivity contribution in [2.24, 2.45) is 0 Å². The van der Waals surface area contributed by atoms with Crippen LogP contribution in [0, 0.1) is 18.8 Å². The molecule has 0 saturated heterocycles. The fourth-order valence-corrected chi connectivity index (χ4v) is 7.49. The van der Waals surface area contributed by atoms with Crippen LogP contribution in [-0.4, -0.2) is 29.1 Å². The summed E-state index contributed by atoms with van der Waals surface area (Å²) in [6, 6.07) is 17.3. The molecule has 29 heavy (non-hydrogen) atoms. The summed E-state index contributed by atoms with van der Waals surface area (Å²) in [7, 11) is -3.34. The van der Waals surface area contributed by atoms with Crippen LogP contribution in [0.4, 0.5) is 0 Å². The Kier molecular flexibility index (Phi) is 10.6. The van der Waals surface area contributed by atoms with Gasteiger partial charge in [-0.3, -0.25) is 0 Å². The second-order valence-corrected chi connectivity index (χ2v) is 12.1. The van der Waals surface area contributed by atoms with E-state index in [1.165, 1.54) is 36.6 Å². The molecule has 0 radical (unpaired) electrons. The molecular weight excluding hydrogens is 443 g/mol. The van der Waals surface area contributed by atoms with Crippen LogP contribution in [0.1, 0.15) is 57.4 Å². The molecule has 2 nitrogen and oxygen atoms in total. The molecule has 0 amide bonds. The zero-order valence-corrected chi connectivity index (χ0v) is 20.1.